The van der Waals surface area contributed by atoms with Crippen LogP contribution in [0.1, 0.15) is 25.3 Å². The number of amides is 1. The Morgan fingerprint density at radius 3 is 2.35 bits per heavy atom. The number of benzene rings is 1. The summed E-state index contributed by atoms with van der Waals surface area (Å²) < 4.78 is 0. The van der Waals surface area contributed by atoms with Crippen LogP contribution < -0.4 is 5.32 Å². The number of carboxylic acids is 1. The van der Waals surface area contributed by atoms with Crippen molar-refractivity contribution in [3.8, 4) is 0 Å². The second-order valence-corrected chi connectivity index (χ2v) is 4.48. The van der Waals surface area contributed by atoms with Crippen LogP contribution in [0.25, 0.3) is 0 Å². The van der Waals surface area contributed by atoms with Crippen molar-refractivity contribution in [3.63, 3.8) is 0 Å². The van der Waals surface area contributed by atoms with Gasteiger partial charge in [-0.1, -0.05) is 30.3 Å². The summed E-state index contributed by atoms with van der Waals surface area (Å²) in [6.07, 6.45) is 1.57. The van der Waals surface area contributed by atoms with Crippen LogP contribution in [0, 0.1) is 0 Å². The third kappa shape index (κ3) is 2.16. The van der Waals surface area contributed by atoms with Gasteiger partial charge < -0.3 is 10.4 Å². The van der Waals surface area contributed by atoms with Crippen LogP contribution >= 0.6 is 0 Å². The second-order valence-electron chi connectivity index (χ2n) is 4.48. The molecule has 1 fully saturated rings. The molecule has 17 heavy (non-hydrogen) atoms. The van der Waals surface area contributed by atoms with Crippen molar-refractivity contribution < 1.29 is 14.7 Å². The Labute approximate surface area is 99.6 Å². The maximum Gasteiger partial charge on any atom is 0.325 e. The van der Waals surface area contributed by atoms with Crippen LogP contribution in [0.4, 0.5) is 0 Å². The fraction of sp³-hybridized carbons (Fsp3) is 0.385. The molecule has 1 amide bonds. The minimum absolute atomic E-state index is 0.182. The molecule has 0 aromatic heterocycles. The van der Waals surface area contributed by atoms with Gasteiger partial charge in [0.15, 0.2) is 0 Å². The molecule has 0 heterocycles. The van der Waals surface area contributed by atoms with E-state index in [0.717, 1.165) is 18.4 Å². The number of nitrogens with one attached hydrogen (secondary N) is 1. The smallest absolute Gasteiger partial charge is 0.325 e. The SMILES string of the molecule is C[C@@H](NC(=O)C1(c2ccccc2)CC1)C(=O)O. The van der Waals surface area contributed by atoms with Crippen LogP contribution in [0.15, 0.2) is 30.3 Å². The molecule has 1 aromatic rings. The summed E-state index contributed by atoms with van der Waals surface area (Å²) >= 11 is 0. The van der Waals surface area contributed by atoms with E-state index in [0.29, 0.717) is 0 Å². The number of carbonyl (C=O) groups is 2. The van der Waals surface area contributed by atoms with E-state index in [1.54, 1.807) is 0 Å². The molecule has 0 radical (unpaired) electrons. The molecule has 2 rings (SSSR count). The summed E-state index contributed by atoms with van der Waals surface area (Å²) in [5.74, 6) is -1.19. The molecule has 0 bridgehead atoms. The summed E-state index contributed by atoms with van der Waals surface area (Å²) in [7, 11) is 0. The van der Waals surface area contributed by atoms with Crippen LogP contribution in [-0.4, -0.2) is 23.0 Å². The zero-order chi connectivity index (χ0) is 12.5. The van der Waals surface area contributed by atoms with Crippen molar-refractivity contribution in [2.75, 3.05) is 0 Å². The Hall–Kier alpha value is -1.84. The highest BCUT2D eigenvalue weighted by Crippen LogP contribution is 2.48. The zero-order valence-electron chi connectivity index (χ0n) is 9.64. The maximum atomic E-state index is 12.1. The number of aliphatic carboxylic acids is 1. The standard InChI is InChI=1S/C13H15NO3/c1-9(11(15)16)14-12(17)13(7-8-13)10-5-3-2-4-6-10/h2-6,9H,7-8H2,1H3,(H,14,17)(H,15,16)/t9-/m1/s1. The first kappa shape index (κ1) is 11.6. The summed E-state index contributed by atoms with van der Waals surface area (Å²) in [5.41, 5.74) is 0.473. The Balaban J connectivity index is 2.12. The molecule has 1 saturated carbocycles. The minimum atomic E-state index is -1.01. The van der Waals surface area contributed by atoms with Crippen LogP contribution in [-0.2, 0) is 15.0 Å². The lowest BCUT2D eigenvalue weighted by Crippen LogP contribution is -2.43. The summed E-state index contributed by atoms with van der Waals surface area (Å²) in [6, 6.07) is 8.67. The van der Waals surface area contributed by atoms with E-state index in [1.807, 2.05) is 30.3 Å². The van der Waals surface area contributed by atoms with Gasteiger partial charge in [0, 0.05) is 0 Å². The molecule has 1 atom stereocenters. The highest BCUT2D eigenvalue weighted by molar-refractivity contribution is 5.93. The Kier molecular flexibility index (Phi) is 2.88. The van der Waals surface area contributed by atoms with Gasteiger partial charge >= 0.3 is 5.97 Å². The molecule has 4 nitrogen and oxygen atoms in total. The van der Waals surface area contributed by atoms with Gasteiger partial charge in [0.25, 0.3) is 0 Å². The van der Waals surface area contributed by atoms with Crippen molar-refractivity contribution in [2.45, 2.75) is 31.2 Å². The molecule has 1 aliphatic rings. The molecular weight excluding hydrogens is 218 g/mol. The van der Waals surface area contributed by atoms with Gasteiger partial charge in [0.1, 0.15) is 6.04 Å². The lowest BCUT2D eigenvalue weighted by molar-refractivity contribution is -0.141. The van der Waals surface area contributed by atoms with Crippen molar-refractivity contribution in [1.29, 1.82) is 0 Å². The average molecular weight is 233 g/mol. The number of hydrogen-bond donors (Lipinski definition) is 2. The first-order valence-corrected chi connectivity index (χ1v) is 5.65. The fourth-order valence-corrected chi connectivity index (χ4v) is 1.93. The number of carboxylic acid groups (broad SMARTS) is 1. The molecule has 0 saturated heterocycles. The van der Waals surface area contributed by atoms with Crippen LogP contribution in [0.3, 0.4) is 0 Å². The predicted molar refractivity (Wildman–Crippen MR) is 62.6 cm³/mol. The van der Waals surface area contributed by atoms with Crippen molar-refractivity contribution in [2.24, 2.45) is 0 Å². The van der Waals surface area contributed by atoms with Crippen LogP contribution in [0.2, 0.25) is 0 Å². The minimum Gasteiger partial charge on any atom is -0.480 e. The Bertz CT molecular complexity index is 437. The molecule has 0 aliphatic heterocycles. The second kappa shape index (κ2) is 4.20. The van der Waals surface area contributed by atoms with Gasteiger partial charge in [-0.05, 0) is 25.3 Å². The first-order valence-electron chi connectivity index (χ1n) is 5.65. The summed E-state index contributed by atoms with van der Waals surface area (Å²) in [6.45, 7) is 1.47. The van der Waals surface area contributed by atoms with Crippen molar-refractivity contribution in [1.82, 2.24) is 5.32 Å². The van der Waals surface area contributed by atoms with E-state index in [-0.39, 0.29) is 5.91 Å². The Morgan fingerprint density at radius 2 is 1.88 bits per heavy atom. The average Bonchev–Trinajstić information content (AvgIpc) is 3.11. The third-order valence-electron chi connectivity index (χ3n) is 3.23. The van der Waals surface area contributed by atoms with E-state index in [4.69, 9.17) is 5.11 Å². The fourth-order valence-electron chi connectivity index (χ4n) is 1.93. The van der Waals surface area contributed by atoms with Crippen molar-refractivity contribution in [3.05, 3.63) is 35.9 Å². The number of carbonyl (C=O) groups excluding carboxylic acids is 1. The lowest BCUT2D eigenvalue weighted by atomic mass is 9.95. The monoisotopic (exact) mass is 233 g/mol. The normalized spacial score (nSPS) is 18.2. The van der Waals surface area contributed by atoms with Gasteiger partial charge in [-0.2, -0.15) is 0 Å². The van der Waals surface area contributed by atoms with Gasteiger partial charge in [-0.15, -0.1) is 0 Å². The molecule has 1 aliphatic carbocycles. The number of rotatable bonds is 4. The van der Waals surface area contributed by atoms with E-state index < -0.39 is 17.4 Å². The summed E-state index contributed by atoms with van der Waals surface area (Å²) in [4.78, 5) is 22.8. The molecule has 1 aromatic carbocycles. The molecule has 4 heteroatoms. The first-order chi connectivity index (χ1) is 8.06. The molecule has 0 unspecified atom stereocenters. The zero-order valence-corrected chi connectivity index (χ0v) is 9.64. The quantitative estimate of drug-likeness (QED) is 0.824. The summed E-state index contributed by atoms with van der Waals surface area (Å²) in [5, 5.41) is 11.3. The molecule has 0 spiro atoms. The highest BCUT2D eigenvalue weighted by Gasteiger charge is 2.51. The lowest BCUT2D eigenvalue weighted by Gasteiger charge is -2.17. The molecular formula is C13H15NO3. The van der Waals surface area contributed by atoms with E-state index in [1.165, 1.54) is 6.92 Å². The Morgan fingerprint density at radius 1 is 1.29 bits per heavy atom. The maximum absolute atomic E-state index is 12.1. The number of hydrogen-bond acceptors (Lipinski definition) is 2. The van der Waals surface area contributed by atoms with E-state index >= 15 is 0 Å². The van der Waals surface area contributed by atoms with Gasteiger partial charge in [0.05, 0.1) is 5.41 Å². The van der Waals surface area contributed by atoms with Crippen LogP contribution in [0.5, 0.6) is 0 Å². The van der Waals surface area contributed by atoms with Gasteiger partial charge in [-0.25, -0.2) is 0 Å². The highest BCUT2D eigenvalue weighted by atomic mass is 16.4. The third-order valence-corrected chi connectivity index (χ3v) is 3.23. The molecule has 2 N–H and O–H groups in total. The molecule has 90 valence electrons. The predicted octanol–water partition coefficient (Wildman–Crippen LogP) is 1.31. The van der Waals surface area contributed by atoms with E-state index in [9.17, 15) is 9.59 Å². The largest absolute Gasteiger partial charge is 0.480 e. The van der Waals surface area contributed by atoms with Gasteiger partial charge in [0.2, 0.25) is 5.91 Å². The van der Waals surface area contributed by atoms with Gasteiger partial charge in [-0.3, -0.25) is 9.59 Å². The van der Waals surface area contributed by atoms with E-state index in [2.05, 4.69) is 5.32 Å². The van der Waals surface area contributed by atoms with Crippen molar-refractivity contribution >= 4 is 11.9 Å². The topological polar surface area (TPSA) is 66.4 Å².